The van der Waals surface area contributed by atoms with Crippen LogP contribution < -0.4 is 5.43 Å². The van der Waals surface area contributed by atoms with E-state index in [9.17, 15) is 9.59 Å². The molecule has 0 aromatic heterocycles. The topological polar surface area (TPSA) is 103 Å². The lowest BCUT2D eigenvalue weighted by atomic mass is 10.2. The van der Waals surface area contributed by atoms with Gasteiger partial charge in [-0.2, -0.15) is 15.3 Å². The molecule has 1 aliphatic rings. The first-order valence-electron chi connectivity index (χ1n) is 5.27. The number of nitrogens with zero attached hydrogens (tertiary/aromatic N) is 3. The molecular weight excluding hydrogens is 272 g/mol. The van der Waals surface area contributed by atoms with E-state index >= 15 is 0 Å². The third-order valence-corrected chi connectivity index (χ3v) is 2.69. The van der Waals surface area contributed by atoms with Crippen molar-refractivity contribution in [1.82, 2.24) is 5.43 Å². The Morgan fingerprint density at radius 2 is 2.26 bits per heavy atom. The molecule has 1 aromatic rings. The molecule has 0 bridgehead atoms. The maximum Gasteiger partial charge on any atom is 0.337 e. The summed E-state index contributed by atoms with van der Waals surface area (Å²) in [6.07, 6.45) is 0. The number of azo groups is 1. The van der Waals surface area contributed by atoms with E-state index < -0.39 is 17.9 Å². The molecular formula is C11H9ClN4O3. The number of nitrogens with one attached hydrogen (secondary N) is 1. The van der Waals surface area contributed by atoms with Gasteiger partial charge in [0.05, 0.1) is 11.3 Å². The number of hydrogen-bond acceptors (Lipinski definition) is 5. The van der Waals surface area contributed by atoms with Gasteiger partial charge < -0.3 is 5.11 Å². The zero-order chi connectivity index (χ0) is 14.0. The molecule has 1 unspecified atom stereocenters. The highest BCUT2D eigenvalue weighted by Gasteiger charge is 2.26. The summed E-state index contributed by atoms with van der Waals surface area (Å²) >= 11 is 5.78. The number of halogens is 1. The number of amides is 1. The van der Waals surface area contributed by atoms with E-state index in [1.54, 1.807) is 6.92 Å². The van der Waals surface area contributed by atoms with Gasteiger partial charge in [0.25, 0.3) is 5.91 Å². The minimum absolute atomic E-state index is 0.0406. The van der Waals surface area contributed by atoms with E-state index in [1.807, 2.05) is 0 Å². The minimum Gasteiger partial charge on any atom is -0.478 e. The SMILES string of the molecule is CC1=NNC(=O)C1N=Nc1cc(Cl)ccc1C(=O)O. The van der Waals surface area contributed by atoms with Gasteiger partial charge in [-0.3, -0.25) is 4.79 Å². The van der Waals surface area contributed by atoms with Gasteiger partial charge in [0.2, 0.25) is 0 Å². The largest absolute Gasteiger partial charge is 0.478 e. The van der Waals surface area contributed by atoms with Crippen molar-refractivity contribution in [3.8, 4) is 0 Å². The number of carboxylic acid groups (broad SMARTS) is 1. The fourth-order valence-electron chi connectivity index (χ4n) is 1.48. The molecule has 2 rings (SSSR count). The molecule has 1 aromatic carbocycles. The molecule has 0 saturated carbocycles. The monoisotopic (exact) mass is 280 g/mol. The number of carbonyl (C=O) groups is 2. The lowest BCUT2D eigenvalue weighted by molar-refractivity contribution is -0.120. The Hall–Kier alpha value is -2.28. The van der Waals surface area contributed by atoms with Gasteiger partial charge in [0, 0.05) is 5.02 Å². The second kappa shape index (κ2) is 5.15. The van der Waals surface area contributed by atoms with Crippen molar-refractivity contribution in [3.63, 3.8) is 0 Å². The summed E-state index contributed by atoms with van der Waals surface area (Å²) in [5.74, 6) is -1.55. The number of hydrazone groups is 1. The van der Waals surface area contributed by atoms with Crippen molar-refractivity contribution >= 4 is 34.9 Å². The predicted molar refractivity (Wildman–Crippen MR) is 68.0 cm³/mol. The van der Waals surface area contributed by atoms with Gasteiger partial charge in [-0.1, -0.05) is 11.6 Å². The van der Waals surface area contributed by atoms with Crippen LogP contribution in [-0.2, 0) is 4.79 Å². The molecule has 0 radical (unpaired) electrons. The van der Waals surface area contributed by atoms with Gasteiger partial charge in [-0.25, -0.2) is 10.2 Å². The molecule has 7 nitrogen and oxygen atoms in total. The van der Waals surface area contributed by atoms with E-state index in [-0.39, 0.29) is 11.3 Å². The summed E-state index contributed by atoms with van der Waals surface area (Å²) in [5, 5.41) is 20.6. The van der Waals surface area contributed by atoms with Gasteiger partial charge in [0.15, 0.2) is 6.04 Å². The number of aromatic carboxylic acids is 1. The summed E-state index contributed by atoms with van der Waals surface area (Å²) in [4.78, 5) is 22.4. The predicted octanol–water partition coefficient (Wildman–Crippen LogP) is 2.00. The zero-order valence-electron chi connectivity index (χ0n) is 9.79. The van der Waals surface area contributed by atoms with Gasteiger partial charge in [0.1, 0.15) is 5.69 Å². The normalized spacial score (nSPS) is 18.5. The fraction of sp³-hybridized carbons (Fsp3) is 0.182. The lowest BCUT2D eigenvalue weighted by Crippen LogP contribution is -2.25. The lowest BCUT2D eigenvalue weighted by Gasteiger charge is -2.02. The Morgan fingerprint density at radius 3 is 2.84 bits per heavy atom. The number of rotatable bonds is 3. The molecule has 0 spiro atoms. The smallest absolute Gasteiger partial charge is 0.337 e. The minimum atomic E-state index is -1.15. The molecule has 8 heteroatoms. The third kappa shape index (κ3) is 2.76. The van der Waals surface area contributed by atoms with Crippen LogP contribution in [0.1, 0.15) is 17.3 Å². The molecule has 1 amide bonds. The van der Waals surface area contributed by atoms with E-state index in [2.05, 4.69) is 20.8 Å². The highest BCUT2D eigenvalue weighted by Crippen LogP contribution is 2.25. The fourth-order valence-corrected chi connectivity index (χ4v) is 1.65. The molecule has 0 aliphatic carbocycles. The van der Waals surface area contributed by atoms with Crippen LogP contribution in [0.25, 0.3) is 0 Å². The first-order valence-corrected chi connectivity index (χ1v) is 5.64. The van der Waals surface area contributed by atoms with Crippen LogP contribution in [0.2, 0.25) is 5.02 Å². The molecule has 0 saturated heterocycles. The summed E-state index contributed by atoms with van der Waals surface area (Å²) < 4.78 is 0. The van der Waals surface area contributed by atoms with Crippen molar-refractivity contribution in [2.24, 2.45) is 15.3 Å². The zero-order valence-corrected chi connectivity index (χ0v) is 10.5. The number of hydrogen-bond donors (Lipinski definition) is 2. The summed E-state index contributed by atoms with van der Waals surface area (Å²) in [7, 11) is 0. The van der Waals surface area contributed by atoms with Gasteiger partial charge in [-0.05, 0) is 25.1 Å². The number of benzene rings is 1. The van der Waals surface area contributed by atoms with Crippen LogP contribution >= 0.6 is 11.6 Å². The van der Waals surface area contributed by atoms with E-state index in [0.717, 1.165) is 0 Å². The molecule has 19 heavy (non-hydrogen) atoms. The van der Waals surface area contributed by atoms with Crippen LogP contribution in [0.5, 0.6) is 0 Å². The molecule has 98 valence electrons. The summed E-state index contributed by atoms with van der Waals surface area (Å²) in [6, 6.07) is 3.31. The van der Waals surface area contributed by atoms with Crippen molar-refractivity contribution < 1.29 is 14.7 Å². The molecule has 1 aliphatic heterocycles. The Balaban J connectivity index is 2.33. The first-order chi connectivity index (χ1) is 8.99. The van der Waals surface area contributed by atoms with Crippen LogP contribution in [0.4, 0.5) is 5.69 Å². The Morgan fingerprint density at radius 1 is 1.53 bits per heavy atom. The van der Waals surface area contributed by atoms with Crippen molar-refractivity contribution in [3.05, 3.63) is 28.8 Å². The van der Waals surface area contributed by atoms with E-state index in [1.165, 1.54) is 18.2 Å². The third-order valence-electron chi connectivity index (χ3n) is 2.46. The quantitative estimate of drug-likeness (QED) is 0.827. The van der Waals surface area contributed by atoms with E-state index in [4.69, 9.17) is 16.7 Å². The molecule has 1 atom stereocenters. The Labute approximate surface area is 113 Å². The van der Waals surface area contributed by atoms with Gasteiger partial charge >= 0.3 is 5.97 Å². The van der Waals surface area contributed by atoms with Gasteiger partial charge in [-0.15, -0.1) is 0 Å². The first kappa shape index (κ1) is 13.2. The highest BCUT2D eigenvalue weighted by molar-refractivity contribution is 6.31. The van der Waals surface area contributed by atoms with Crippen LogP contribution in [0, 0.1) is 0 Å². The Bertz CT molecular complexity index is 612. The second-order valence-corrected chi connectivity index (χ2v) is 4.25. The number of carbonyl (C=O) groups excluding carboxylic acids is 1. The highest BCUT2D eigenvalue weighted by atomic mass is 35.5. The maximum absolute atomic E-state index is 11.4. The number of carboxylic acids is 1. The molecule has 1 heterocycles. The standard InChI is InChI=1S/C11H9ClN4O3/c1-5-9(10(17)16-13-5)15-14-8-4-6(12)2-3-7(8)11(18)19/h2-4,9H,1H3,(H,16,17)(H,18,19). The van der Waals surface area contributed by atoms with Crippen LogP contribution in [-0.4, -0.2) is 28.7 Å². The average molecular weight is 281 g/mol. The van der Waals surface area contributed by atoms with Crippen molar-refractivity contribution in [2.75, 3.05) is 0 Å². The molecule has 2 N–H and O–H groups in total. The van der Waals surface area contributed by atoms with E-state index in [0.29, 0.717) is 10.7 Å². The van der Waals surface area contributed by atoms with Crippen LogP contribution in [0.3, 0.4) is 0 Å². The second-order valence-electron chi connectivity index (χ2n) is 3.81. The Kier molecular flexibility index (Phi) is 3.57. The van der Waals surface area contributed by atoms with Crippen molar-refractivity contribution in [2.45, 2.75) is 13.0 Å². The average Bonchev–Trinajstić information content (AvgIpc) is 2.66. The summed E-state index contributed by atoms with van der Waals surface area (Å²) in [6.45, 7) is 1.62. The van der Waals surface area contributed by atoms with Crippen molar-refractivity contribution in [1.29, 1.82) is 0 Å². The maximum atomic E-state index is 11.4. The molecule has 0 fully saturated rings. The summed E-state index contributed by atoms with van der Waals surface area (Å²) in [5.41, 5.74) is 2.77. The van der Waals surface area contributed by atoms with Crippen LogP contribution in [0.15, 0.2) is 33.5 Å².